The second kappa shape index (κ2) is 11.9. The van der Waals surface area contributed by atoms with Crippen LogP contribution < -0.4 is 19.5 Å². The second-order valence-electron chi connectivity index (χ2n) is 8.06. The van der Waals surface area contributed by atoms with E-state index in [2.05, 4.69) is 10.0 Å². The lowest BCUT2D eigenvalue weighted by Crippen LogP contribution is -2.45. The van der Waals surface area contributed by atoms with Crippen molar-refractivity contribution in [3.05, 3.63) is 114 Å². The Morgan fingerprint density at radius 3 is 2.22 bits per heavy atom. The van der Waals surface area contributed by atoms with Gasteiger partial charge in [-0.2, -0.15) is 4.72 Å². The summed E-state index contributed by atoms with van der Waals surface area (Å²) in [5.74, 6) is 0.563. The number of para-hydroxylation sites is 3. The van der Waals surface area contributed by atoms with Crippen LogP contribution in [0.5, 0.6) is 17.2 Å². The predicted molar refractivity (Wildman–Crippen MR) is 144 cm³/mol. The molecule has 1 amide bonds. The van der Waals surface area contributed by atoms with Gasteiger partial charge < -0.3 is 14.8 Å². The Balaban J connectivity index is 1.63. The van der Waals surface area contributed by atoms with E-state index in [1.165, 1.54) is 25.3 Å². The van der Waals surface area contributed by atoms with Crippen molar-refractivity contribution < 1.29 is 22.7 Å². The fourth-order valence-electron chi connectivity index (χ4n) is 3.64. The minimum absolute atomic E-state index is 0.108. The van der Waals surface area contributed by atoms with E-state index in [1.54, 1.807) is 36.4 Å². The highest BCUT2D eigenvalue weighted by molar-refractivity contribution is 7.89. The number of nitrogens with one attached hydrogen (secondary N) is 2. The average Bonchev–Trinajstić information content (AvgIpc) is 2.90. The fraction of sp³-hybridized carbons (Fsp3) is 0.107. The zero-order chi connectivity index (χ0) is 26.3. The molecular formula is C28H25ClN2O5S. The number of carbonyl (C=O) groups is 1. The minimum atomic E-state index is -4.19. The molecule has 1 atom stereocenters. The number of methoxy groups -OCH3 is 1. The van der Waals surface area contributed by atoms with E-state index in [1.807, 2.05) is 48.5 Å². The molecule has 0 aliphatic heterocycles. The van der Waals surface area contributed by atoms with Crippen molar-refractivity contribution in [2.24, 2.45) is 0 Å². The lowest BCUT2D eigenvalue weighted by atomic mass is 10.1. The molecule has 1 unspecified atom stereocenters. The highest BCUT2D eigenvalue weighted by Gasteiger charge is 2.29. The maximum absolute atomic E-state index is 13.5. The number of anilines is 1. The molecule has 0 spiro atoms. The number of halogens is 1. The summed E-state index contributed by atoms with van der Waals surface area (Å²) in [5, 5.41) is 3.04. The summed E-state index contributed by atoms with van der Waals surface area (Å²) < 4.78 is 40.4. The van der Waals surface area contributed by atoms with Crippen molar-refractivity contribution in [2.45, 2.75) is 17.4 Å². The fourth-order valence-corrected chi connectivity index (χ4v) is 5.27. The molecule has 4 aromatic rings. The standard InChI is InChI=1S/C28H25ClN2O5S/c1-35-26-17-16-21(29)19-27(26)37(33,34)31-24(18-20-10-4-2-5-11-20)28(32)30-23-14-8-9-15-25(23)36-22-12-6-3-7-13-22/h2-17,19,24,31H,18H2,1H3,(H,30,32). The molecule has 4 aromatic carbocycles. The van der Waals surface area contributed by atoms with Crippen LogP contribution in [0.2, 0.25) is 5.02 Å². The second-order valence-corrected chi connectivity index (χ2v) is 10.2. The van der Waals surface area contributed by atoms with Crippen LogP contribution in [-0.4, -0.2) is 27.5 Å². The van der Waals surface area contributed by atoms with Crippen LogP contribution in [0.3, 0.4) is 0 Å². The maximum Gasteiger partial charge on any atom is 0.245 e. The Labute approximate surface area is 221 Å². The van der Waals surface area contributed by atoms with Crippen LogP contribution in [-0.2, 0) is 21.2 Å². The number of hydrogen-bond donors (Lipinski definition) is 2. The van der Waals surface area contributed by atoms with Gasteiger partial charge in [0.05, 0.1) is 12.8 Å². The summed E-state index contributed by atoms with van der Waals surface area (Å²) in [4.78, 5) is 13.3. The lowest BCUT2D eigenvalue weighted by molar-refractivity contribution is -0.117. The molecule has 190 valence electrons. The van der Waals surface area contributed by atoms with Gasteiger partial charge in [0.15, 0.2) is 5.75 Å². The molecule has 0 radical (unpaired) electrons. The third kappa shape index (κ3) is 6.89. The van der Waals surface area contributed by atoms with Crippen LogP contribution in [0.25, 0.3) is 0 Å². The van der Waals surface area contributed by atoms with Crippen molar-refractivity contribution >= 4 is 33.2 Å². The third-order valence-corrected chi connectivity index (χ3v) is 7.16. The number of sulfonamides is 1. The van der Waals surface area contributed by atoms with E-state index < -0.39 is 22.0 Å². The van der Waals surface area contributed by atoms with E-state index in [4.69, 9.17) is 21.1 Å². The van der Waals surface area contributed by atoms with Crippen LogP contribution in [0, 0.1) is 0 Å². The van der Waals surface area contributed by atoms with E-state index in [0.29, 0.717) is 17.2 Å². The molecule has 2 N–H and O–H groups in total. The Bertz CT molecular complexity index is 1460. The molecule has 0 saturated heterocycles. The summed E-state index contributed by atoms with van der Waals surface area (Å²) in [7, 11) is -2.83. The van der Waals surface area contributed by atoms with Crippen molar-refractivity contribution in [1.29, 1.82) is 0 Å². The quantitative estimate of drug-likeness (QED) is 0.272. The topological polar surface area (TPSA) is 93.7 Å². The van der Waals surface area contributed by atoms with Crippen LogP contribution >= 0.6 is 11.6 Å². The summed E-state index contributed by atoms with van der Waals surface area (Å²) in [5.41, 5.74) is 1.17. The monoisotopic (exact) mass is 536 g/mol. The molecular weight excluding hydrogens is 512 g/mol. The van der Waals surface area contributed by atoms with Crippen LogP contribution in [0.1, 0.15) is 5.56 Å². The molecule has 0 aliphatic carbocycles. The summed E-state index contributed by atoms with van der Waals surface area (Å²) >= 11 is 6.06. The number of benzene rings is 4. The third-order valence-electron chi connectivity index (χ3n) is 5.43. The lowest BCUT2D eigenvalue weighted by Gasteiger charge is -2.20. The smallest absolute Gasteiger partial charge is 0.245 e. The molecule has 0 saturated carbocycles. The molecule has 0 aromatic heterocycles. The first-order valence-corrected chi connectivity index (χ1v) is 13.2. The molecule has 9 heteroatoms. The Morgan fingerprint density at radius 2 is 1.51 bits per heavy atom. The molecule has 0 aliphatic rings. The van der Waals surface area contributed by atoms with E-state index in [-0.39, 0.29) is 22.1 Å². The Morgan fingerprint density at radius 1 is 0.865 bits per heavy atom. The number of amides is 1. The van der Waals surface area contributed by atoms with E-state index >= 15 is 0 Å². The average molecular weight is 537 g/mol. The molecule has 4 rings (SSSR count). The largest absolute Gasteiger partial charge is 0.495 e. The van der Waals surface area contributed by atoms with Crippen molar-refractivity contribution in [2.75, 3.05) is 12.4 Å². The van der Waals surface area contributed by atoms with Gasteiger partial charge >= 0.3 is 0 Å². The number of carbonyl (C=O) groups excluding carboxylic acids is 1. The number of hydrogen-bond acceptors (Lipinski definition) is 5. The van der Waals surface area contributed by atoms with Gasteiger partial charge in [0.1, 0.15) is 22.4 Å². The van der Waals surface area contributed by atoms with Gasteiger partial charge in [-0.25, -0.2) is 8.42 Å². The molecule has 0 bridgehead atoms. The van der Waals surface area contributed by atoms with Gasteiger partial charge in [0.2, 0.25) is 15.9 Å². The Kier molecular flexibility index (Phi) is 8.45. The predicted octanol–water partition coefficient (Wildman–Crippen LogP) is 5.67. The summed E-state index contributed by atoms with van der Waals surface area (Å²) in [6, 6.07) is 28.3. The van der Waals surface area contributed by atoms with E-state index in [9.17, 15) is 13.2 Å². The molecule has 0 heterocycles. The van der Waals surface area contributed by atoms with Crippen molar-refractivity contribution in [1.82, 2.24) is 4.72 Å². The molecule has 37 heavy (non-hydrogen) atoms. The van der Waals surface area contributed by atoms with Crippen molar-refractivity contribution in [3.8, 4) is 17.2 Å². The first-order chi connectivity index (χ1) is 17.9. The van der Waals surface area contributed by atoms with Gasteiger partial charge in [-0.05, 0) is 54.4 Å². The first-order valence-electron chi connectivity index (χ1n) is 11.4. The normalized spacial score (nSPS) is 11.9. The van der Waals surface area contributed by atoms with Crippen LogP contribution in [0.15, 0.2) is 108 Å². The van der Waals surface area contributed by atoms with E-state index in [0.717, 1.165) is 5.56 Å². The molecule has 7 nitrogen and oxygen atoms in total. The zero-order valence-electron chi connectivity index (χ0n) is 19.9. The Hall–Kier alpha value is -3.85. The maximum atomic E-state index is 13.5. The first kappa shape index (κ1) is 26.2. The van der Waals surface area contributed by atoms with Crippen LogP contribution in [0.4, 0.5) is 5.69 Å². The summed E-state index contributed by atoms with van der Waals surface area (Å²) in [6.45, 7) is 0. The summed E-state index contributed by atoms with van der Waals surface area (Å²) in [6.07, 6.45) is 0.108. The van der Waals surface area contributed by atoms with Gasteiger partial charge in [0, 0.05) is 5.02 Å². The number of ether oxygens (including phenoxy) is 2. The van der Waals surface area contributed by atoms with Crippen molar-refractivity contribution in [3.63, 3.8) is 0 Å². The highest BCUT2D eigenvalue weighted by Crippen LogP contribution is 2.30. The van der Waals surface area contributed by atoms with Gasteiger partial charge in [0.25, 0.3) is 0 Å². The zero-order valence-corrected chi connectivity index (χ0v) is 21.5. The SMILES string of the molecule is COc1ccc(Cl)cc1S(=O)(=O)NC(Cc1ccccc1)C(=O)Nc1ccccc1Oc1ccccc1. The van der Waals surface area contributed by atoms with Gasteiger partial charge in [-0.1, -0.05) is 72.3 Å². The molecule has 0 fully saturated rings. The van der Waals surface area contributed by atoms with Gasteiger partial charge in [-0.3, -0.25) is 4.79 Å². The van der Waals surface area contributed by atoms with Gasteiger partial charge in [-0.15, -0.1) is 0 Å². The minimum Gasteiger partial charge on any atom is -0.495 e. The number of rotatable bonds is 10. The highest BCUT2D eigenvalue weighted by atomic mass is 35.5.